The first-order valence-electron chi connectivity index (χ1n) is 8.07. The molecule has 1 aliphatic rings. The Kier molecular flexibility index (Phi) is 5.22. The number of carbonyl (C=O) groups excluding carboxylic acids is 2. The fraction of sp³-hybridized carbons (Fsp3) is 0.556. The average Bonchev–Trinajstić information content (AvgIpc) is 3.00. The van der Waals surface area contributed by atoms with Crippen molar-refractivity contribution < 1.29 is 9.59 Å². The van der Waals surface area contributed by atoms with E-state index < -0.39 is 6.04 Å². The number of carbonyl (C=O) groups is 2. The normalized spacial score (nSPS) is 16.0. The summed E-state index contributed by atoms with van der Waals surface area (Å²) in [7, 11) is 0. The molecule has 4 nitrogen and oxygen atoms in total. The molecule has 1 aromatic carbocycles. The molecule has 2 amide bonds. The van der Waals surface area contributed by atoms with E-state index >= 15 is 0 Å². The quantitative estimate of drug-likeness (QED) is 0.929. The summed E-state index contributed by atoms with van der Waals surface area (Å²) < 4.78 is 0. The standard InChI is InChI=1S/C18H26N2O2/c1-12(2)16(18(22)20-9-5-6-10-20)19-17(21)15-8-7-13(3)14(4)11-15/h7-8,11-12,16H,5-6,9-10H2,1-4H3,(H,19,21)/t16-/m1/s1. The van der Waals surface area contributed by atoms with E-state index in [4.69, 9.17) is 0 Å². The van der Waals surface area contributed by atoms with Gasteiger partial charge in [-0.1, -0.05) is 19.9 Å². The molecule has 1 aromatic rings. The Morgan fingerprint density at radius 3 is 2.27 bits per heavy atom. The number of nitrogens with one attached hydrogen (secondary N) is 1. The lowest BCUT2D eigenvalue weighted by Gasteiger charge is -2.26. The van der Waals surface area contributed by atoms with E-state index in [1.807, 2.05) is 50.8 Å². The van der Waals surface area contributed by atoms with Gasteiger partial charge in [-0.3, -0.25) is 9.59 Å². The zero-order chi connectivity index (χ0) is 16.3. The number of hydrogen-bond donors (Lipinski definition) is 1. The fourth-order valence-electron chi connectivity index (χ4n) is 2.76. The summed E-state index contributed by atoms with van der Waals surface area (Å²) in [5, 5.41) is 2.93. The smallest absolute Gasteiger partial charge is 0.251 e. The first-order valence-corrected chi connectivity index (χ1v) is 8.07. The highest BCUT2D eigenvalue weighted by molar-refractivity contribution is 5.97. The number of amides is 2. The molecule has 4 heteroatoms. The Bertz CT molecular complexity index is 560. The number of hydrogen-bond acceptors (Lipinski definition) is 2. The van der Waals surface area contributed by atoms with Gasteiger partial charge in [-0.2, -0.15) is 0 Å². The van der Waals surface area contributed by atoms with Crippen molar-refractivity contribution in [2.45, 2.75) is 46.6 Å². The van der Waals surface area contributed by atoms with Gasteiger partial charge in [0, 0.05) is 18.7 Å². The fourth-order valence-corrected chi connectivity index (χ4v) is 2.76. The number of likely N-dealkylation sites (tertiary alicyclic amines) is 1. The van der Waals surface area contributed by atoms with Gasteiger partial charge in [0.2, 0.25) is 5.91 Å². The second kappa shape index (κ2) is 6.95. The average molecular weight is 302 g/mol. The van der Waals surface area contributed by atoms with Crippen molar-refractivity contribution in [2.24, 2.45) is 5.92 Å². The van der Waals surface area contributed by atoms with Crippen molar-refractivity contribution in [1.82, 2.24) is 10.2 Å². The van der Waals surface area contributed by atoms with Gasteiger partial charge in [-0.25, -0.2) is 0 Å². The predicted octanol–water partition coefficient (Wildman–Crippen LogP) is 2.68. The van der Waals surface area contributed by atoms with Crippen molar-refractivity contribution in [2.75, 3.05) is 13.1 Å². The molecule has 1 saturated heterocycles. The summed E-state index contributed by atoms with van der Waals surface area (Å²) in [6, 6.07) is 5.18. The molecule has 120 valence electrons. The Hall–Kier alpha value is -1.84. The molecule has 0 radical (unpaired) electrons. The molecule has 1 aliphatic heterocycles. The maximum atomic E-state index is 12.6. The molecule has 0 aliphatic carbocycles. The van der Waals surface area contributed by atoms with Gasteiger partial charge in [-0.15, -0.1) is 0 Å². The lowest BCUT2D eigenvalue weighted by Crippen LogP contribution is -2.50. The molecule has 0 aromatic heterocycles. The molecule has 0 spiro atoms. The third kappa shape index (κ3) is 3.67. The van der Waals surface area contributed by atoms with Crippen molar-refractivity contribution in [3.63, 3.8) is 0 Å². The molecule has 0 saturated carbocycles. The van der Waals surface area contributed by atoms with Crippen LogP contribution in [-0.2, 0) is 4.79 Å². The number of aryl methyl sites for hydroxylation is 2. The lowest BCUT2D eigenvalue weighted by atomic mass is 10.0. The monoisotopic (exact) mass is 302 g/mol. The van der Waals surface area contributed by atoms with E-state index in [-0.39, 0.29) is 17.7 Å². The third-order valence-corrected chi connectivity index (χ3v) is 4.41. The maximum absolute atomic E-state index is 12.6. The Morgan fingerprint density at radius 1 is 1.09 bits per heavy atom. The van der Waals surface area contributed by atoms with E-state index in [9.17, 15) is 9.59 Å². The van der Waals surface area contributed by atoms with Crippen LogP contribution in [-0.4, -0.2) is 35.8 Å². The SMILES string of the molecule is Cc1ccc(C(=O)N[C@@H](C(=O)N2CCCC2)C(C)C)cc1C. The minimum atomic E-state index is -0.452. The van der Waals surface area contributed by atoms with Crippen LogP contribution in [0.3, 0.4) is 0 Å². The van der Waals surface area contributed by atoms with Crippen LogP contribution in [0.5, 0.6) is 0 Å². The Balaban J connectivity index is 2.11. The van der Waals surface area contributed by atoms with Gasteiger partial charge < -0.3 is 10.2 Å². The van der Waals surface area contributed by atoms with E-state index in [1.54, 1.807) is 0 Å². The first-order chi connectivity index (χ1) is 10.4. The minimum absolute atomic E-state index is 0.0460. The number of rotatable bonds is 4. The predicted molar refractivity (Wildman–Crippen MR) is 87.8 cm³/mol. The molecule has 1 N–H and O–H groups in total. The van der Waals surface area contributed by atoms with Crippen molar-refractivity contribution >= 4 is 11.8 Å². The first kappa shape index (κ1) is 16.5. The number of nitrogens with zero attached hydrogens (tertiary/aromatic N) is 1. The number of benzene rings is 1. The molecule has 22 heavy (non-hydrogen) atoms. The molecule has 2 rings (SSSR count). The van der Waals surface area contributed by atoms with Crippen LogP contribution in [0.2, 0.25) is 0 Å². The Morgan fingerprint density at radius 2 is 1.73 bits per heavy atom. The van der Waals surface area contributed by atoms with Gasteiger partial charge in [0.05, 0.1) is 0 Å². The summed E-state index contributed by atoms with van der Waals surface area (Å²) in [4.78, 5) is 26.9. The highest BCUT2D eigenvalue weighted by atomic mass is 16.2. The zero-order valence-electron chi connectivity index (χ0n) is 14.0. The van der Waals surface area contributed by atoms with Crippen molar-refractivity contribution in [1.29, 1.82) is 0 Å². The van der Waals surface area contributed by atoms with E-state index in [2.05, 4.69) is 5.32 Å². The molecule has 0 unspecified atom stereocenters. The summed E-state index contributed by atoms with van der Waals surface area (Å²) in [6.45, 7) is 9.56. The summed E-state index contributed by atoms with van der Waals surface area (Å²) >= 11 is 0. The van der Waals surface area contributed by atoms with Crippen LogP contribution in [0.15, 0.2) is 18.2 Å². The van der Waals surface area contributed by atoms with Crippen LogP contribution >= 0.6 is 0 Å². The van der Waals surface area contributed by atoms with Crippen LogP contribution in [0, 0.1) is 19.8 Å². The molecule has 1 heterocycles. The van der Waals surface area contributed by atoms with E-state index in [0.717, 1.165) is 37.1 Å². The molecule has 0 bridgehead atoms. The molecular formula is C18H26N2O2. The zero-order valence-corrected chi connectivity index (χ0v) is 14.0. The second-order valence-corrected chi connectivity index (χ2v) is 6.53. The maximum Gasteiger partial charge on any atom is 0.251 e. The summed E-state index contributed by atoms with van der Waals surface area (Å²) in [5.74, 6) is -0.0531. The topological polar surface area (TPSA) is 49.4 Å². The molecular weight excluding hydrogens is 276 g/mol. The van der Waals surface area contributed by atoms with E-state index in [0.29, 0.717) is 5.56 Å². The van der Waals surface area contributed by atoms with Crippen LogP contribution < -0.4 is 5.32 Å². The molecule has 1 fully saturated rings. The van der Waals surface area contributed by atoms with Gasteiger partial charge in [0.25, 0.3) is 5.91 Å². The van der Waals surface area contributed by atoms with Crippen LogP contribution in [0.4, 0.5) is 0 Å². The van der Waals surface area contributed by atoms with E-state index in [1.165, 1.54) is 0 Å². The minimum Gasteiger partial charge on any atom is -0.341 e. The summed E-state index contributed by atoms with van der Waals surface area (Å²) in [5.41, 5.74) is 2.85. The van der Waals surface area contributed by atoms with Gasteiger partial charge in [-0.05, 0) is 55.9 Å². The van der Waals surface area contributed by atoms with Crippen LogP contribution in [0.25, 0.3) is 0 Å². The second-order valence-electron chi connectivity index (χ2n) is 6.53. The van der Waals surface area contributed by atoms with Gasteiger partial charge in [0.1, 0.15) is 6.04 Å². The van der Waals surface area contributed by atoms with Crippen LogP contribution in [0.1, 0.15) is 48.2 Å². The summed E-state index contributed by atoms with van der Waals surface area (Å²) in [6.07, 6.45) is 2.11. The highest BCUT2D eigenvalue weighted by Crippen LogP contribution is 2.15. The van der Waals surface area contributed by atoms with Gasteiger partial charge >= 0.3 is 0 Å². The third-order valence-electron chi connectivity index (χ3n) is 4.41. The van der Waals surface area contributed by atoms with Crippen molar-refractivity contribution in [3.05, 3.63) is 34.9 Å². The molecule has 1 atom stereocenters. The lowest BCUT2D eigenvalue weighted by molar-refractivity contribution is -0.133. The largest absolute Gasteiger partial charge is 0.341 e. The van der Waals surface area contributed by atoms with Gasteiger partial charge in [0.15, 0.2) is 0 Å². The Labute approximate surface area is 132 Å². The highest BCUT2D eigenvalue weighted by Gasteiger charge is 2.30. The van der Waals surface area contributed by atoms with Crippen molar-refractivity contribution in [3.8, 4) is 0 Å².